The Hall–Kier alpha value is -1.89. The van der Waals surface area contributed by atoms with Gasteiger partial charge in [-0.1, -0.05) is 0 Å². The van der Waals surface area contributed by atoms with E-state index in [4.69, 9.17) is 0 Å². The van der Waals surface area contributed by atoms with Gasteiger partial charge in [0.25, 0.3) is 5.91 Å². The van der Waals surface area contributed by atoms with Crippen molar-refractivity contribution in [3.05, 3.63) is 34.7 Å². The molecule has 0 aliphatic carbocycles. The second-order valence-corrected chi connectivity index (χ2v) is 6.05. The monoisotopic (exact) mass is 349 g/mol. The van der Waals surface area contributed by atoms with Gasteiger partial charge in [-0.05, 0) is 35.3 Å². The van der Waals surface area contributed by atoms with Crippen LogP contribution in [0.5, 0.6) is 0 Å². The molecule has 7 heteroatoms. The average Bonchev–Trinajstić information content (AvgIpc) is 2.93. The number of aryl methyl sites for hydroxylation is 2. The summed E-state index contributed by atoms with van der Waals surface area (Å²) in [6, 6.07) is 3.62. The summed E-state index contributed by atoms with van der Waals surface area (Å²) in [7, 11) is 1.86. The zero-order valence-corrected chi connectivity index (χ0v) is 13.5. The highest BCUT2D eigenvalue weighted by Gasteiger charge is 2.34. The van der Waals surface area contributed by atoms with Gasteiger partial charge >= 0.3 is 0 Å². The van der Waals surface area contributed by atoms with Crippen LogP contribution in [0.1, 0.15) is 12.1 Å². The van der Waals surface area contributed by atoms with Crippen LogP contribution < -0.4 is 10.2 Å². The van der Waals surface area contributed by atoms with Gasteiger partial charge in [0.05, 0.1) is 17.6 Å². The zero-order valence-electron chi connectivity index (χ0n) is 11.9. The number of nitrogens with one attached hydrogen (secondary N) is 1. The molecule has 2 aromatic rings. The number of hydrogen-bond donors (Lipinski definition) is 1. The minimum Gasteiger partial charge on any atom is -0.372 e. The Morgan fingerprint density at radius 3 is 2.86 bits per heavy atom. The fourth-order valence-electron chi connectivity index (χ4n) is 2.58. The standard InChI is InChI=1S/C14H16BrN5O/c1-9-5-13(19(2)18-9)20-4-3-12(14(20)21)17-11-6-10(15)7-16-8-11/h5-8,12,17H,3-4H2,1-2H3. The van der Waals surface area contributed by atoms with Crippen LogP contribution in [0, 0.1) is 6.92 Å². The summed E-state index contributed by atoms with van der Waals surface area (Å²) in [5.41, 5.74) is 1.75. The van der Waals surface area contributed by atoms with E-state index in [1.54, 1.807) is 22.0 Å². The lowest BCUT2D eigenvalue weighted by molar-refractivity contribution is -0.117. The summed E-state index contributed by atoms with van der Waals surface area (Å²) in [5, 5.41) is 7.54. The lowest BCUT2D eigenvalue weighted by Crippen LogP contribution is -2.34. The molecule has 0 saturated carbocycles. The van der Waals surface area contributed by atoms with Crippen molar-refractivity contribution in [3.63, 3.8) is 0 Å². The third-order valence-electron chi connectivity index (χ3n) is 3.51. The fourth-order valence-corrected chi connectivity index (χ4v) is 2.95. The molecule has 0 bridgehead atoms. The first-order valence-electron chi connectivity index (χ1n) is 6.74. The molecule has 0 radical (unpaired) electrons. The van der Waals surface area contributed by atoms with Crippen molar-refractivity contribution in [1.29, 1.82) is 0 Å². The van der Waals surface area contributed by atoms with Gasteiger partial charge in [0.2, 0.25) is 0 Å². The lowest BCUT2D eigenvalue weighted by atomic mass is 10.2. The Balaban J connectivity index is 1.76. The summed E-state index contributed by atoms with van der Waals surface area (Å²) in [6.45, 7) is 2.61. The molecule has 6 nitrogen and oxygen atoms in total. The molecule has 3 heterocycles. The lowest BCUT2D eigenvalue weighted by Gasteiger charge is -2.17. The molecule has 110 valence electrons. The number of amides is 1. The normalized spacial score (nSPS) is 18.3. The minimum atomic E-state index is -0.226. The van der Waals surface area contributed by atoms with E-state index in [0.29, 0.717) is 6.54 Å². The molecule has 1 saturated heterocycles. The number of pyridine rings is 1. The average molecular weight is 350 g/mol. The van der Waals surface area contributed by atoms with E-state index in [-0.39, 0.29) is 11.9 Å². The Morgan fingerprint density at radius 1 is 1.38 bits per heavy atom. The highest BCUT2D eigenvalue weighted by atomic mass is 79.9. The highest BCUT2D eigenvalue weighted by Crippen LogP contribution is 2.24. The van der Waals surface area contributed by atoms with Crippen molar-refractivity contribution in [3.8, 4) is 0 Å². The van der Waals surface area contributed by atoms with E-state index < -0.39 is 0 Å². The van der Waals surface area contributed by atoms with Crippen LogP contribution in [-0.2, 0) is 11.8 Å². The first-order valence-corrected chi connectivity index (χ1v) is 7.53. The van der Waals surface area contributed by atoms with Crippen LogP contribution in [0.25, 0.3) is 0 Å². The van der Waals surface area contributed by atoms with Gasteiger partial charge in [-0.15, -0.1) is 0 Å². The molecule has 1 unspecified atom stereocenters. The number of hydrogen-bond acceptors (Lipinski definition) is 4. The molecule has 21 heavy (non-hydrogen) atoms. The van der Waals surface area contributed by atoms with E-state index >= 15 is 0 Å². The zero-order chi connectivity index (χ0) is 15.0. The van der Waals surface area contributed by atoms with Gasteiger partial charge < -0.3 is 5.32 Å². The van der Waals surface area contributed by atoms with E-state index in [2.05, 4.69) is 31.3 Å². The number of carbonyl (C=O) groups excluding carboxylic acids is 1. The predicted molar refractivity (Wildman–Crippen MR) is 84.3 cm³/mol. The maximum absolute atomic E-state index is 12.5. The number of anilines is 2. The predicted octanol–water partition coefficient (Wildman–Crippen LogP) is 2.10. The second-order valence-electron chi connectivity index (χ2n) is 5.13. The fraction of sp³-hybridized carbons (Fsp3) is 0.357. The van der Waals surface area contributed by atoms with Crippen molar-refractivity contribution in [2.75, 3.05) is 16.8 Å². The maximum Gasteiger partial charge on any atom is 0.250 e. The molecule has 1 atom stereocenters. The number of nitrogens with zero attached hydrogens (tertiary/aromatic N) is 4. The topological polar surface area (TPSA) is 63.1 Å². The molecule has 1 aliphatic rings. The first-order chi connectivity index (χ1) is 10.0. The largest absolute Gasteiger partial charge is 0.372 e. The van der Waals surface area contributed by atoms with E-state index in [1.807, 2.05) is 26.1 Å². The van der Waals surface area contributed by atoms with E-state index in [1.165, 1.54) is 0 Å². The van der Waals surface area contributed by atoms with Crippen molar-refractivity contribution in [2.24, 2.45) is 7.05 Å². The number of carbonyl (C=O) groups is 1. The number of halogens is 1. The Kier molecular flexibility index (Phi) is 3.67. The molecule has 1 N–H and O–H groups in total. The van der Waals surface area contributed by atoms with Crippen molar-refractivity contribution in [1.82, 2.24) is 14.8 Å². The van der Waals surface area contributed by atoms with Gasteiger partial charge in [-0.3, -0.25) is 19.4 Å². The Bertz CT molecular complexity index is 684. The molecule has 1 fully saturated rings. The van der Waals surface area contributed by atoms with Gasteiger partial charge in [0.15, 0.2) is 0 Å². The van der Waals surface area contributed by atoms with Gasteiger partial charge in [-0.2, -0.15) is 5.10 Å². The molecular formula is C14H16BrN5O. The third kappa shape index (κ3) is 2.78. The molecule has 0 aromatic carbocycles. The Morgan fingerprint density at radius 2 is 2.19 bits per heavy atom. The van der Waals surface area contributed by atoms with Gasteiger partial charge in [0.1, 0.15) is 11.9 Å². The van der Waals surface area contributed by atoms with Crippen LogP contribution in [0.4, 0.5) is 11.5 Å². The summed E-state index contributed by atoms with van der Waals surface area (Å²) < 4.78 is 2.63. The summed E-state index contributed by atoms with van der Waals surface area (Å²) in [5.74, 6) is 0.909. The maximum atomic E-state index is 12.5. The highest BCUT2D eigenvalue weighted by molar-refractivity contribution is 9.10. The third-order valence-corrected chi connectivity index (χ3v) is 3.94. The van der Waals surface area contributed by atoms with Crippen LogP contribution in [0.15, 0.2) is 29.0 Å². The smallest absolute Gasteiger partial charge is 0.250 e. The molecule has 3 rings (SSSR count). The molecule has 1 aliphatic heterocycles. The van der Waals surface area contributed by atoms with Crippen LogP contribution >= 0.6 is 15.9 Å². The van der Waals surface area contributed by atoms with Crippen LogP contribution in [0.3, 0.4) is 0 Å². The van der Waals surface area contributed by atoms with E-state index in [9.17, 15) is 4.79 Å². The second kappa shape index (κ2) is 5.48. The summed E-state index contributed by atoms with van der Waals surface area (Å²) in [6.07, 6.45) is 4.19. The van der Waals surface area contributed by atoms with Crippen molar-refractivity contribution < 1.29 is 4.79 Å². The summed E-state index contributed by atoms with van der Waals surface area (Å²) in [4.78, 5) is 18.4. The molecule has 1 amide bonds. The Labute approximate surface area is 131 Å². The van der Waals surface area contributed by atoms with Crippen LogP contribution in [0.2, 0.25) is 0 Å². The SMILES string of the molecule is Cc1cc(N2CCC(Nc3cncc(Br)c3)C2=O)n(C)n1. The van der Waals surface area contributed by atoms with Crippen LogP contribution in [-0.4, -0.2) is 33.3 Å². The molecule has 0 spiro atoms. The number of rotatable bonds is 3. The minimum absolute atomic E-state index is 0.0676. The van der Waals surface area contributed by atoms with Gasteiger partial charge in [0, 0.05) is 30.3 Å². The van der Waals surface area contributed by atoms with Crippen molar-refractivity contribution in [2.45, 2.75) is 19.4 Å². The number of aromatic nitrogens is 3. The first kappa shape index (κ1) is 14.1. The summed E-state index contributed by atoms with van der Waals surface area (Å²) >= 11 is 3.38. The quantitative estimate of drug-likeness (QED) is 0.921. The van der Waals surface area contributed by atoms with E-state index in [0.717, 1.165) is 28.1 Å². The van der Waals surface area contributed by atoms with Crippen molar-refractivity contribution >= 4 is 33.3 Å². The molecular weight excluding hydrogens is 334 g/mol. The molecule has 2 aromatic heterocycles. The van der Waals surface area contributed by atoms with Gasteiger partial charge in [-0.25, -0.2) is 0 Å².